The highest BCUT2D eigenvalue weighted by atomic mass is 32.2. The summed E-state index contributed by atoms with van der Waals surface area (Å²) in [5.74, 6) is -1.00. The van der Waals surface area contributed by atoms with Gasteiger partial charge < -0.3 is 4.55 Å². The molecule has 1 aromatic rings. The van der Waals surface area contributed by atoms with Crippen LogP contribution in [0.1, 0.15) is 38.4 Å². The molecule has 1 atom stereocenters. The lowest BCUT2D eigenvalue weighted by molar-refractivity contribution is -0.144. The van der Waals surface area contributed by atoms with Gasteiger partial charge in [0.15, 0.2) is 11.5 Å². The molecule has 0 bridgehead atoms. The standard InChI is InChI=1S/C13H14F4N2OS2/c1-12(2,3)22(20)19-8-4-5-21-10-7(8)6-18-11(9(10)14)13(15,16)17/h6H,4-5H2,1-3H3/t22-/m0/s1. The van der Waals surface area contributed by atoms with E-state index in [1.54, 1.807) is 20.8 Å². The van der Waals surface area contributed by atoms with E-state index < -0.39 is 33.8 Å². The fourth-order valence-electron chi connectivity index (χ4n) is 1.73. The number of fused-ring (bicyclic) bond motifs is 1. The molecule has 2 rings (SSSR count). The van der Waals surface area contributed by atoms with Crippen molar-refractivity contribution in [1.29, 1.82) is 0 Å². The van der Waals surface area contributed by atoms with Crippen LogP contribution in [0.2, 0.25) is 0 Å². The van der Waals surface area contributed by atoms with Gasteiger partial charge in [0.25, 0.3) is 0 Å². The number of alkyl halides is 3. The van der Waals surface area contributed by atoms with Crippen molar-refractivity contribution < 1.29 is 22.1 Å². The Morgan fingerprint density at radius 3 is 2.50 bits per heavy atom. The van der Waals surface area contributed by atoms with Gasteiger partial charge in [-0.25, -0.2) is 9.37 Å². The zero-order chi connectivity index (χ0) is 16.7. The Hall–Kier alpha value is -0.800. The summed E-state index contributed by atoms with van der Waals surface area (Å²) in [7, 11) is 0. The minimum atomic E-state index is -4.84. The average molecular weight is 354 g/mol. The number of aromatic nitrogens is 1. The Morgan fingerprint density at radius 2 is 1.95 bits per heavy atom. The maximum atomic E-state index is 14.1. The summed E-state index contributed by atoms with van der Waals surface area (Å²) in [5.41, 5.74) is -1.00. The SMILES string of the molecule is CC(C)(C)[S@+]([O-])N=C1CCSc2c1cnc(C(F)(F)F)c2F. The van der Waals surface area contributed by atoms with Gasteiger partial charge in [0.05, 0.1) is 4.90 Å². The number of thioether (sulfide) groups is 1. The van der Waals surface area contributed by atoms with E-state index in [0.29, 0.717) is 17.9 Å². The van der Waals surface area contributed by atoms with Gasteiger partial charge in [-0.15, -0.1) is 11.8 Å². The molecule has 0 aliphatic carbocycles. The molecule has 3 nitrogen and oxygen atoms in total. The summed E-state index contributed by atoms with van der Waals surface area (Å²) in [4.78, 5) is 3.06. The number of rotatable bonds is 1. The van der Waals surface area contributed by atoms with Crippen LogP contribution >= 0.6 is 11.8 Å². The van der Waals surface area contributed by atoms with Crippen molar-refractivity contribution in [3.8, 4) is 0 Å². The average Bonchev–Trinajstić information content (AvgIpc) is 2.37. The summed E-state index contributed by atoms with van der Waals surface area (Å²) in [6.07, 6.45) is -3.47. The van der Waals surface area contributed by atoms with Crippen LogP contribution in [0.15, 0.2) is 15.5 Å². The molecule has 0 N–H and O–H groups in total. The largest absolute Gasteiger partial charge is 0.591 e. The lowest BCUT2D eigenvalue weighted by Gasteiger charge is -2.22. The predicted molar refractivity (Wildman–Crippen MR) is 79.0 cm³/mol. The molecule has 0 saturated carbocycles. The van der Waals surface area contributed by atoms with Crippen LogP contribution in [0.3, 0.4) is 0 Å². The third-order valence-corrected chi connectivity index (χ3v) is 5.39. The van der Waals surface area contributed by atoms with Crippen LogP contribution in [-0.2, 0) is 17.5 Å². The van der Waals surface area contributed by atoms with Gasteiger partial charge in [-0.05, 0) is 20.8 Å². The molecule has 0 amide bonds. The van der Waals surface area contributed by atoms with E-state index in [-0.39, 0.29) is 10.5 Å². The first kappa shape index (κ1) is 17.6. The third kappa shape index (κ3) is 3.57. The summed E-state index contributed by atoms with van der Waals surface area (Å²) in [5, 5.41) is 0. The maximum Gasteiger partial charge on any atom is 0.436 e. The number of halogens is 4. The second-order valence-corrected chi connectivity index (χ2v) is 8.67. The zero-order valence-electron chi connectivity index (χ0n) is 12.1. The first-order chi connectivity index (χ1) is 10.0. The molecule has 0 spiro atoms. The quantitative estimate of drug-likeness (QED) is 0.566. The highest BCUT2D eigenvalue weighted by Gasteiger charge is 2.39. The molecule has 1 aromatic heterocycles. The molecule has 1 aliphatic rings. The molecule has 0 unspecified atom stereocenters. The van der Waals surface area contributed by atoms with Crippen LogP contribution in [-0.4, -0.2) is 25.7 Å². The molecule has 0 saturated heterocycles. The van der Waals surface area contributed by atoms with Crippen molar-refractivity contribution in [3.05, 3.63) is 23.3 Å². The molecule has 9 heteroatoms. The molecule has 22 heavy (non-hydrogen) atoms. The second kappa shape index (κ2) is 6.01. The minimum absolute atomic E-state index is 0.127. The van der Waals surface area contributed by atoms with Crippen molar-refractivity contribution in [3.63, 3.8) is 0 Å². The monoisotopic (exact) mass is 354 g/mol. The third-order valence-electron chi connectivity index (χ3n) is 2.86. The van der Waals surface area contributed by atoms with E-state index in [1.807, 2.05) is 0 Å². The molecule has 0 radical (unpaired) electrons. The Kier molecular flexibility index (Phi) is 4.79. The van der Waals surface area contributed by atoms with Crippen molar-refractivity contribution in [2.24, 2.45) is 4.40 Å². The van der Waals surface area contributed by atoms with Crippen molar-refractivity contribution in [2.45, 2.75) is 43.0 Å². The highest BCUT2D eigenvalue weighted by molar-refractivity contribution is 7.99. The van der Waals surface area contributed by atoms with Gasteiger partial charge >= 0.3 is 6.18 Å². The van der Waals surface area contributed by atoms with Gasteiger partial charge in [-0.3, -0.25) is 0 Å². The molecular formula is C13H14F4N2OS2. The van der Waals surface area contributed by atoms with Gasteiger partial charge in [0.1, 0.15) is 21.8 Å². The summed E-state index contributed by atoms with van der Waals surface area (Å²) in [6.45, 7) is 5.20. The van der Waals surface area contributed by atoms with E-state index >= 15 is 0 Å². The molecular weight excluding hydrogens is 340 g/mol. The Balaban J connectivity index is 2.49. The Morgan fingerprint density at radius 1 is 1.32 bits per heavy atom. The molecule has 0 fully saturated rings. The van der Waals surface area contributed by atoms with Crippen LogP contribution in [0.25, 0.3) is 0 Å². The van der Waals surface area contributed by atoms with Crippen LogP contribution in [0.4, 0.5) is 17.6 Å². The van der Waals surface area contributed by atoms with Crippen molar-refractivity contribution >= 4 is 28.8 Å². The molecule has 2 heterocycles. The topological polar surface area (TPSA) is 48.3 Å². The van der Waals surface area contributed by atoms with Crippen molar-refractivity contribution in [2.75, 3.05) is 5.75 Å². The fourth-order valence-corrected chi connectivity index (χ4v) is 3.44. The van der Waals surface area contributed by atoms with Crippen LogP contribution in [0, 0.1) is 5.82 Å². The number of hydrogen-bond acceptors (Lipinski definition) is 4. The first-order valence-electron chi connectivity index (χ1n) is 6.40. The Labute approximate surface area is 132 Å². The van der Waals surface area contributed by atoms with Crippen molar-refractivity contribution in [1.82, 2.24) is 4.98 Å². The van der Waals surface area contributed by atoms with Gasteiger partial charge in [-0.1, -0.05) is 4.40 Å². The maximum absolute atomic E-state index is 14.1. The minimum Gasteiger partial charge on any atom is -0.591 e. The van der Waals surface area contributed by atoms with E-state index in [9.17, 15) is 22.1 Å². The molecule has 0 aromatic carbocycles. The molecule has 122 valence electrons. The van der Waals surface area contributed by atoms with Gasteiger partial charge in [0, 0.05) is 23.9 Å². The number of nitrogens with zero attached hydrogens (tertiary/aromatic N) is 2. The lowest BCUT2D eigenvalue weighted by atomic mass is 10.1. The predicted octanol–water partition coefficient (Wildman–Crippen LogP) is 3.99. The highest BCUT2D eigenvalue weighted by Crippen LogP contribution is 2.38. The summed E-state index contributed by atoms with van der Waals surface area (Å²) >= 11 is -0.576. The van der Waals surface area contributed by atoms with E-state index in [4.69, 9.17) is 0 Å². The second-order valence-electron chi connectivity index (χ2n) is 5.66. The van der Waals surface area contributed by atoms with E-state index in [2.05, 4.69) is 9.38 Å². The number of pyridine rings is 1. The zero-order valence-corrected chi connectivity index (χ0v) is 13.8. The summed E-state index contributed by atoms with van der Waals surface area (Å²) in [6, 6.07) is 0. The van der Waals surface area contributed by atoms with Gasteiger partial charge in [0.2, 0.25) is 0 Å². The number of hydrogen-bond donors (Lipinski definition) is 0. The van der Waals surface area contributed by atoms with Gasteiger partial charge in [-0.2, -0.15) is 13.2 Å². The van der Waals surface area contributed by atoms with E-state index in [1.165, 1.54) is 0 Å². The normalized spacial score (nSPS) is 19.2. The summed E-state index contributed by atoms with van der Waals surface area (Å²) < 4.78 is 67.7. The first-order valence-corrected chi connectivity index (χ1v) is 8.49. The Bertz CT molecular complexity index is 611. The van der Waals surface area contributed by atoms with Crippen LogP contribution < -0.4 is 0 Å². The smallest absolute Gasteiger partial charge is 0.436 e. The van der Waals surface area contributed by atoms with Crippen LogP contribution in [0.5, 0.6) is 0 Å². The van der Waals surface area contributed by atoms with E-state index in [0.717, 1.165) is 18.0 Å². The molecule has 1 aliphatic heterocycles. The lowest BCUT2D eigenvalue weighted by Crippen LogP contribution is -2.28. The fraction of sp³-hybridized carbons (Fsp3) is 0.538.